The average Bonchev–Trinajstić information content (AvgIpc) is 1.64. The number of aliphatic hydroxyl groups excluding tert-OH is 1. The first kappa shape index (κ1) is 8.58. The van der Waals surface area contributed by atoms with E-state index in [2.05, 4.69) is 0 Å². The quantitative estimate of drug-likeness (QED) is 0.296. The second kappa shape index (κ2) is 2.93. The smallest absolute Gasteiger partial charge is 0.376 e. The van der Waals surface area contributed by atoms with Gasteiger partial charge in [-0.25, -0.2) is 4.57 Å². The number of aliphatic hydroxyl groups is 1. The Morgan fingerprint density at radius 2 is 2.00 bits per heavy atom. The molecule has 9 heavy (non-hydrogen) atoms. The minimum absolute atomic E-state index is 0.774. The molecule has 0 aromatic heterocycles. The summed E-state index contributed by atoms with van der Waals surface area (Å²) in [4.78, 5) is 26.0. The van der Waals surface area contributed by atoms with Crippen LogP contribution in [-0.2, 0) is 4.57 Å². The van der Waals surface area contributed by atoms with Gasteiger partial charge in [-0.3, -0.25) is 4.79 Å². The van der Waals surface area contributed by atoms with Crippen LogP contribution in [0.3, 0.4) is 0 Å². The van der Waals surface area contributed by atoms with Crippen LogP contribution in [0.25, 0.3) is 0 Å². The Bertz CT molecular complexity index is 149. The number of nitrogens with one attached hydrogen (secondary N) is 1. The van der Waals surface area contributed by atoms with E-state index >= 15 is 0 Å². The maximum absolute atomic E-state index is 10.0. The van der Waals surface area contributed by atoms with E-state index in [-0.39, 0.29) is 0 Å². The fourth-order valence-corrected chi connectivity index (χ4v) is 0.447. The van der Waals surface area contributed by atoms with Crippen molar-refractivity contribution in [3.05, 3.63) is 0 Å². The van der Waals surface area contributed by atoms with E-state index in [1.54, 1.807) is 0 Å². The summed E-state index contributed by atoms with van der Waals surface area (Å²) in [5, 5.41) is 9.46. The lowest BCUT2D eigenvalue weighted by molar-refractivity contribution is 0.226. The number of carbonyl (C=O) groups is 1. The molecule has 0 rings (SSSR count). The highest BCUT2D eigenvalue weighted by atomic mass is 31.2. The molecule has 0 saturated heterocycles. The molecule has 4 N–H and O–H groups in total. The molecule has 7 heteroatoms. The van der Waals surface area contributed by atoms with Gasteiger partial charge in [-0.05, 0) is 0 Å². The van der Waals surface area contributed by atoms with Gasteiger partial charge in [0.15, 0.2) is 0 Å². The molecule has 0 heterocycles. The largest absolute Gasteiger partial charge is 0.413 e. The highest BCUT2D eigenvalue weighted by Gasteiger charge is 2.24. The van der Waals surface area contributed by atoms with Gasteiger partial charge in [0.05, 0.1) is 0 Å². The molecule has 0 atom stereocenters. The summed E-state index contributed by atoms with van der Waals surface area (Å²) < 4.78 is 9.89. The molecule has 0 spiro atoms. The summed E-state index contributed by atoms with van der Waals surface area (Å²) in [5.41, 5.74) is -1.47. The molecule has 0 saturated carbocycles. The molecule has 6 nitrogen and oxygen atoms in total. The van der Waals surface area contributed by atoms with E-state index in [0.29, 0.717) is 0 Å². The van der Waals surface area contributed by atoms with Crippen molar-refractivity contribution in [1.29, 1.82) is 0 Å². The van der Waals surface area contributed by atoms with Gasteiger partial charge >= 0.3 is 13.2 Å². The summed E-state index contributed by atoms with van der Waals surface area (Å²) in [6, 6.07) is 0. The van der Waals surface area contributed by atoms with Crippen molar-refractivity contribution < 1.29 is 24.3 Å². The number of hydrogen-bond donors (Lipinski definition) is 4. The highest BCUT2D eigenvalue weighted by Crippen LogP contribution is 2.34. The van der Waals surface area contributed by atoms with Gasteiger partial charge in [0.2, 0.25) is 0 Å². The van der Waals surface area contributed by atoms with Gasteiger partial charge in [0, 0.05) is 0 Å². The number of rotatable bonds is 2. The van der Waals surface area contributed by atoms with Crippen LogP contribution in [0.1, 0.15) is 0 Å². The first-order valence-electron chi connectivity index (χ1n) is 1.93. The van der Waals surface area contributed by atoms with Crippen molar-refractivity contribution in [2.24, 2.45) is 0 Å². The predicted octanol–water partition coefficient (Wildman–Crippen LogP) is -1.18. The van der Waals surface area contributed by atoms with Gasteiger partial charge in [0.1, 0.15) is 6.73 Å². The van der Waals surface area contributed by atoms with Crippen molar-refractivity contribution in [2.45, 2.75) is 0 Å². The fourth-order valence-electron chi connectivity index (χ4n) is 0.171. The second-order valence-electron chi connectivity index (χ2n) is 1.18. The first-order valence-corrected chi connectivity index (χ1v) is 3.54. The van der Waals surface area contributed by atoms with E-state index in [9.17, 15) is 9.36 Å². The Morgan fingerprint density at radius 3 is 2.11 bits per heavy atom. The Kier molecular flexibility index (Phi) is 2.80. The van der Waals surface area contributed by atoms with E-state index in [0.717, 1.165) is 0 Å². The SMILES string of the molecule is O=C(NCO)P(=O)(O)O. The van der Waals surface area contributed by atoms with Crippen molar-refractivity contribution in [3.8, 4) is 0 Å². The monoisotopic (exact) mass is 155 g/mol. The molecule has 0 unspecified atom stereocenters. The molecule has 0 bridgehead atoms. The van der Waals surface area contributed by atoms with E-state index < -0.39 is 20.0 Å². The van der Waals surface area contributed by atoms with Crippen LogP contribution >= 0.6 is 7.60 Å². The molecular formula is C2H6NO5P. The van der Waals surface area contributed by atoms with Crippen molar-refractivity contribution >= 4 is 13.2 Å². The minimum Gasteiger partial charge on any atom is -0.376 e. The van der Waals surface area contributed by atoms with Crippen LogP contribution in [0, 0.1) is 0 Å². The second-order valence-corrected chi connectivity index (χ2v) is 2.68. The normalized spacial score (nSPS) is 11.0. The third-order valence-electron chi connectivity index (χ3n) is 0.495. The minimum atomic E-state index is -4.68. The zero-order valence-electron chi connectivity index (χ0n) is 4.31. The molecule has 54 valence electrons. The van der Waals surface area contributed by atoms with E-state index in [1.807, 2.05) is 0 Å². The number of carbonyl (C=O) groups excluding carboxylic acids is 1. The number of hydrogen-bond acceptors (Lipinski definition) is 3. The molecule has 0 aliphatic carbocycles. The molecule has 0 radical (unpaired) electrons. The zero-order valence-corrected chi connectivity index (χ0v) is 5.21. The van der Waals surface area contributed by atoms with E-state index in [4.69, 9.17) is 14.9 Å². The Hall–Kier alpha value is -0.420. The third-order valence-corrected chi connectivity index (χ3v) is 1.18. The maximum Gasteiger partial charge on any atom is 0.413 e. The van der Waals surface area contributed by atoms with Crippen LogP contribution < -0.4 is 5.32 Å². The van der Waals surface area contributed by atoms with Crippen LogP contribution in [0.15, 0.2) is 0 Å². The van der Waals surface area contributed by atoms with Gasteiger partial charge < -0.3 is 20.2 Å². The van der Waals surface area contributed by atoms with Gasteiger partial charge in [-0.1, -0.05) is 0 Å². The first-order chi connectivity index (χ1) is 3.98. The summed E-state index contributed by atoms with van der Waals surface area (Å²) in [7, 11) is -4.68. The lowest BCUT2D eigenvalue weighted by Gasteiger charge is -2.00. The molecule has 0 fully saturated rings. The zero-order chi connectivity index (χ0) is 7.49. The van der Waals surface area contributed by atoms with Crippen LogP contribution in [-0.4, -0.2) is 27.3 Å². The molecule has 0 aromatic carbocycles. The summed E-state index contributed by atoms with van der Waals surface area (Å²) in [5.74, 6) is 0. The Morgan fingerprint density at radius 1 is 1.56 bits per heavy atom. The van der Waals surface area contributed by atoms with Gasteiger partial charge in [-0.15, -0.1) is 0 Å². The summed E-state index contributed by atoms with van der Waals surface area (Å²) in [6.07, 6.45) is 0. The fraction of sp³-hybridized carbons (Fsp3) is 0.500. The molecule has 1 amide bonds. The summed E-state index contributed by atoms with van der Waals surface area (Å²) in [6.45, 7) is -0.774. The molecule has 0 aromatic rings. The Labute approximate surface area is 50.7 Å². The third kappa shape index (κ3) is 3.21. The van der Waals surface area contributed by atoms with Crippen molar-refractivity contribution in [1.82, 2.24) is 5.32 Å². The lowest BCUT2D eigenvalue weighted by Crippen LogP contribution is -2.21. The predicted molar refractivity (Wildman–Crippen MR) is 27.7 cm³/mol. The van der Waals surface area contributed by atoms with Crippen LogP contribution in [0.5, 0.6) is 0 Å². The average molecular weight is 155 g/mol. The van der Waals surface area contributed by atoms with Crippen molar-refractivity contribution in [3.63, 3.8) is 0 Å². The summed E-state index contributed by atoms with van der Waals surface area (Å²) >= 11 is 0. The maximum atomic E-state index is 10.0. The van der Waals surface area contributed by atoms with E-state index in [1.165, 1.54) is 5.32 Å². The van der Waals surface area contributed by atoms with Gasteiger partial charge in [-0.2, -0.15) is 0 Å². The highest BCUT2D eigenvalue weighted by molar-refractivity contribution is 7.69. The molecule has 0 aliphatic heterocycles. The van der Waals surface area contributed by atoms with Gasteiger partial charge in [0.25, 0.3) is 0 Å². The Balaban J connectivity index is 3.90. The molecular weight excluding hydrogens is 149 g/mol. The molecule has 0 aliphatic rings. The van der Waals surface area contributed by atoms with Crippen LogP contribution in [0.2, 0.25) is 0 Å². The standard InChI is InChI=1S/C2H6NO5P/c4-1-3-2(5)9(6,7)8/h4H,1H2,(H,3,5)(H2,6,7,8). The van der Waals surface area contributed by atoms with Crippen molar-refractivity contribution in [2.75, 3.05) is 6.73 Å². The number of amides is 1. The topological polar surface area (TPSA) is 107 Å². The lowest BCUT2D eigenvalue weighted by atomic mass is 11.1. The van der Waals surface area contributed by atoms with Crippen LogP contribution in [0.4, 0.5) is 4.79 Å².